The van der Waals surface area contributed by atoms with Crippen molar-refractivity contribution in [3.8, 4) is 11.5 Å². The SMILES string of the molecule is COc1cc(OC)cc(N2C(=S)NC3C(O)C(O)CC(C(=O)Nc4ccccc4)C32)c1. The number of ether oxygens (including phenoxy) is 2. The van der Waals surface area contributed by atoms with Gasteiger partial charge in [-0.25, -0.2) is 0 Å². The Kier molecular flexibility index (Phi) is 5.99. The summed E-state index contributed by atoms with van der Waals surface area (Å²) < 4.78 is 10.8. The molecule has 2 fully saturated rings. The molecule has 1 amide bonds. The summed E-state index contributed by atoms with van der Waals surface area (Å²) in [5, 5.41) is 27.5. The van der Waals surface area contributed by atoms with Crippen LogP contribution in [0.1, 0.15) is 6.42 Å². The Morgan fingerprint density at radius 2 is 1.77 bits per heavy atom. The quantitative estimate of drug-likeness (QED) is 0.516. The van der Waals surface area contributed by atoms with E-state index in [4.69, 9.17) is 21.7 Å². The Hall–Kier alpha value is -2.88. The maximum absolute atomic E-state index is 13.2. The van der Waals surface area contributed by atoms with E-state index < -0.39 is 30.2 Å². The first-order valence-electron chi connectivity index (χ1n) is 9.97. The minimum atomic E-state index is -1.07. The molecular weight excluding hydrogens is 418 g/mol. The number of aliphatic hydroxyl groups excluding tert-OH is 2. The maximum atomic E-state index is 13.2. The lowest BCUT2D eigenvalue weighted by molar-refractivity contribution is -0.126. The summed E-state index contributed by atoms with van der Waals surface area (Å²) in [5.74, 6) is 0.261. The van der Waals surface area contributed by atoms with Gasteiger partial charge in [-0.05, 0) is 30.8 Å². The van der Waals surface area contributed by atoms with Crippen LogP contribution in [0.4, 0.5) is 11.4 Å². The fourth-order valence-corrected chi connectivity index (χ4v) is 4.69. The Bertz CT molecular complexity index is 951. The predicted octanol–water partition coefficient (Wildman–Crippen LogP) is 1.52. The molecule has 2 aromatic rings. The van der Waals surface area contributed by atoms with Crippen molar-refractivity contribution >= 4 is 34.6 Å². The summed E-state index contributed by atoms with van der Waals surface area (Å²) in [6.45, 7) is 0. The van der Waals surface area contributed by atoms with Crippen LogP contribution in [0, 0.1) is 5.92 Å². The van der Waals surface area contributed by atoms with E-state index in [0.29, 0.717) is 28.0 Å². The average molecular weight is 444 g/mol. The van der Waals surface area contributed by atoms with E-state index in [-0.39, 0.29) is 12.3 Å². The molecule has 31 heavy (non-hydrogen) atoms. The summed E-state index contributed by atoms with van der Waals surface area (Å²) in [5.41, 5.74) is 1.33. The normalized spacial score (nSPS) is 27.3. The number of hydrogen-bond acceptors (Lipinski definition) is 6. The Morgan fingerprint density at radius 3 is 2.39 bits per heavy atom. The van der Waals surface area contributed by atoms with Crippen LogP contribution in [-0.2, 0) is 4.79 Å². The third kappa shape index (κ3) is 4.04. The molecule has 4 rings (SSSR count). The molecule has 1 aliphatic carbocycles. The first-order chi connectivity index (χ1) is 14.9. The van der Waals surface area contributed by atoms with Crippen LogP contribution < -0.4 is 25.0 Å². The van der Waals surface area contributed by atoms with E-state index in [1.54, 1.807) is 49.5 Å². The van der Waals surface area contributed by atoms with Gasteiger partial charge in [-0.1, -0.05) is 18.2 Å². The molecule has 9 heteroatoms. The molecule has 0 radical (unpaired) electrons. The van der Waals surface area contributed by atoms with E-state index in [9.17, 15) is 15.0 Å². The molecule has 8 nitrogen and oxygen atoms in total. The lowest BCUT2D eigenvalue weighted by Crippen LogP contribution is -2.60. The summed E-state index contributed by atoms with van der Waals surface area (Å²) in [4.78, 5) is 15.0. The molecule has 4 N–H and O–H groups in total. The van der Waals surface area contributed by atoms with Gasteiger partial charge in [0.05, 0.1) is 44.0 Å². The number of anilines is 2. The number of fused-ring (bicyclic) bond motifs is 1. The fraction of sp³-hybridized carbons (Fsp3) is 0.364. The zero-order valence-corrected chi connectivity index (χ0v) is 18.0. The third-order valence-electron chi connectivity index (χ3n) is 5.84. The molecule has 5 unspecified atom stereocenters. The van der Waals surface area contributed by atoms with Gasteiger partial charge in [0.2, 0.25) is 5.91 Å². The molecule has 2 aromatic carbocycles. The number of para-hydroxylation sites is 1. The first-order valence-corrected chi connectivity index (χ1v) is 10.4. The number of methoxy groups -OCH3 is 2. The number of hydrogen-bond donors (Lipinski definition) is 4. The highest BCUT2D eigenvalue weighted by atomic mass is 32.1. The van der Waals surface area contributed by atoms with Crippen molar-refractivity contribution in [1.82, 2.24) is 5.32 Å². The van der Waals surface area contributed by atoms with E-state index >= 15 is 0 Å². The molecule has 164 valence electrons. The van der Waals surface area contributed by atoms with Crippen LogP contribution >= 0.6 is 12.2 Å². The highest BCUT2D eigenvalue weighted by molar-refractivity contribution is 7.80. The molecule has 0 spiro atoms. The number of carbonyl (C=O) groups is 1. The predicted molar refractivity (Wildman–Crippen MR) is 121 cm³/mol. The van der Waals surface area contributed by atoms with Gasteiger partial charge in [-0.3, -0.25) is 4.79 Å². The number of nitrogens with zero attached hydrogens (tertiary/aromatic N) is 1. The van der Waals surface area contributed by atoms with Crippen molar-refractivity contribution in [2.24, 2.45) is 5.92 Å². The minimum Gasteiger partial charge on any atom is -0.497 e. The van der Waals surface area contributed by atoms with Gasteiger partial charge in [0, 0.05) is 23.9 Å². The first kappa shape index (κ1) is 21.4. The number of benzene rings is 2. The van der Waals surface area contributed by atoms with Gasteiger partial charge < -0.3 is 35.2 Å². The van der Waals surface area contributed by atoms with Crippen LogP contribution in [-0.4, -0.2) is 59.7 Å². The number of nitrogens with one attached hydrogen (secondary N) is 2. The summed E-state index contributed by atoms with van der Waals surface area (Å²) in [6, 6.07) is 13.3. The van der Waals surface area contributed by atoms with Gasteiger partial charge in [0.1, 0.15) is 17.6 Å². The molecule has 2 aliphatic rings. The van der Waals surface area contributed by atoms with Crippen molar-refractivity contribution in [3.63, 3.8) is 0 Å². The minimum absolute atomic E-state index is 0.100. The Balaban J connectivity index is 1.71. The monoisotopic (exact) mass is 443 g/mol. The number of amides is 1. The van der Waals surface area contributed by atoms with Gasteiger partial charge >= 0.3 is 0 Å². The van der Waals surface area contributed by atoms with Gasteiger partial charge in [0.25, 0.3) is 0 Å². The molecule has 0 bridgehead atoms. The van der Waals surface area contributed by atoms with Crippen LogP contribution in [0.25, 0.3) is 0 Å². The summed E-state index contributed by atoms with van der Waals surface area (Å²) in [7, 11) is 3.11. The van der Waals surface area contributed by atoms with Crippen molar-refractivity contribution < 1.29 is 24.5 Å². The molecule has 1 saturated carbocycles. The van der Waals surface area contributed by atoms with Gasteiger partial charge in [-0.15, -0.1) is 0 Å². The third-order valence-corrected chi connectivity index (χ3v) is 6.15. The lowest BCUT2D eigenvalue weighted by Gasteiger charge is -2.41. The average Bonchev–Trinajstić information content (AvgIpc) is 3.13. The largest absolute Gasteiger partial charge is 0.497 e. The number of rotatable bonds is 5. The smallest absolute Gasteiger partial charge is 0.229 e. The van der Waals surface area contributed by atoms with Crippen molar-refractivity contribution in [2.75, 3.05) is 24.4 Å². The fourth-order valence-electron chi connectivity index (χ4n) is 4.33. The van der Waals surface area contributed by atoms with Crippen molar-refractivity contribution in [3.05, 3.63) is 48.5 Å². The summed E-state index contributed by atoms with van der Waals surface area (Å²) in [6.07, 6.45) is -2.02. The standard InChI is InChI=1S/C22H25N3O5S/c1-29-14-8-13(9-15(10-14)30-2)25-19-16(21(28)23-12-6-4-3-5-7-12)11-17(26)20(27)18(19)24-22(25)31/h3-10,16-20,26-27H,11H2,1-2H3,(H,23,28)(H,24,31). The second-order valence-corrected chi connectivity index (χ2v) is 8.05. The second-order valence-electron chi connectivity index (χ2n) is 7.66. The molecule has 1 aliphatic heterocycles. The van der Waals surface area contributed by atoms with Gasteiger partial charge in [0.15, 0.2) is 5.11 Å². The Labute approximate surface area is 185 Å². The van der Waals surface area contributed by atoms with E-state index in [1.807, 2.05) is 18.2 Å². The van der Waals surface area contributed by atoms with E-state index in [0.717, 1.165) is 0 Å². The highest BCUT2D eigenvalue weighted by Gasteiger charge is 2.54. The number of carbonyl (C=O) groups excluding carboxylic acids is 1. The van der Waals surface area contributed by atoms with Crippen LogP contribution in [0.3, 0.4) is 0 Å². The molecule has 1 heterocycles. The van der Waals surface area contributed by atoms with Crippen LogP contribution in [0.5, 0.6) is 11.5 Å². The molecule has 1 saturated heterocycles. The molecule has 0 aromatic heterocycles. The highest BCUT2D eigenvalue weighted by Crippen LogP contribution is 2.39. The van der Waals surface area contributed by atoms with Crippen LogP contribution in [0.2, 0.25) is 0 Å². The molecule has 5 atom stereocenters. The number of aliphatic hydroxyl groups is 2. The zero-order chi connectivity index (χ0) is 22.1. The van der Waals surface area contributed by atoms with Crippen LogP contribution in [0.15, 0.2) is 48.5 Å². The lowest BCUT2D eigenvalue weighted by atomic mass is 9.77. The summed E-state index contributed by atoms with van der Waals surface area (Å²) >= 11 is 5.57. The number of thiocarbonyl (C=S) groups is 1. The second kappa shape index (κ2) is 8.70. The van der Waals surface area contributed by atoms with Crippen molar-refractivity contribution in [1.29, 1.82) is 0 Å². The topological polar surface area (TPSA) is 103 Å². The maximum Gasteiger partial charge on any atom is 0.229 e. The zero-order valence-electron chi connectivity index (χ0n) is 17.2. The van der Waals surface area contributed by atoms with E-state index in [1.165, 1.54) is 0 Å². The van der Waals surface area contributed by atoms with Crippen molar-refractivity contribution in [2.45, 2.75) is 30.7 Å². The van der Waals surface area contributed by atoms with E-state index in [2.05, 4.69) is 10.6 Å². The Morgan fingerprint density at radius 1 is 1.13 bits per heavy atom. The molecular formula is C22H25N3O5S. The van der Waals surface area contributed by atoms with Gasteiger partial charge in [-0.2, -0.15) is 0 Å².